The van der Waals surface area contributed by atoms with Crippen LogP contribution >= 0.6 is 28.3 Å². The lowest BCUT2D eigenvalue weighted by molar-refractivity contribution is 0.194. The quantitative estimate of drug-likeness (QED) is 0.737. The van der Waals surface area contributed by atoms with Crippen molar-refractivity contribution < 1.29 is 9.47 Å². The fraction of sp³-hybridized carbons (Fsp3) is 0.538. The number of nitrogens with one attached hydrogen (secondary N) is 1. The molecule has 1 rings (SSSR count). The van der Waals surface area contributed by atoms with Gasteiger partial charge in [-0.05, 0) is 53.5 Å². The van der Waals surface area contributed by atoms with Crippen LogP contribution in [-0.4, -0.2) is 26.9 Å². The van der Waals surface area contributed by atoms with E-state index >= 15 is 0 Å². The third kappa shape index (κ3) is 6.59. The molecule has 0 saturated heterocycles. The summed E-state index contributed by atoms with van der Waals surface area (Å²) in [5.74, 6) is 0.899. The Morgan fingerprint density at radius 2 is 2.11 bits per heavy atom. The Hall–Kier alpha value is -0.290. The van der Waals surface area contributed by atoms with Crippen molar-refractivity contribution in [3.8, 4) is 5.75 Å². The van der Waals surface area contributed by atoms with Crippen molar-refractivity contribution in [1.82, 2.24) is 5.32 Å². The zero-order valence-corrected chi connectivity index (χ0v) is 13.3. The summed E-state index contributed by atoms with van der Waals surface area (Å²) in [4.78, 5) is 0. The summed E-state index contributed by atoms with van der Waals surface area (Å²) in [6.07, 6.45) is 1.04. The Balaban J connectivity index is 0.00000289. The average Bonchev–Trinajstić information content (AvgIpc) is 2.32. The molecule has 0 aliphatic heterocycles. The molecule has 1 aromatic rings. The second-order valence-electron chi connectivity index (χ2n) is 3.72. The number of hydrogen-bond donors (Lipinski definition) is 1. The van der Waals surface area contributed by atoms with Gasteiger partial charge in [0.05, 0.1) is 11.1 Å². The Morgan fingerprint density at radius 3 is 2.72 bits per heavy atom. The highest BCUT2D eigenvalue weighted by atomic mass is 79.9. The summed E-state index contributed by atoms with van der Waals surface area (Å²) in [6.45, 7) is 5.32. The summed E-state index contributed by atoms with van der Waals surface area (Å²) < 4.78 is 11.5. The minimum absolute atomic E-state index is 0. The zero-order chi connectivity index (χ0) is 12.5. The fourth-order valence-corrected chi connectivity index (χ4v) is 2.04. The monoisotopic (exact) mass is 337 g/mol. The van der Waals surface area contributed by atoms with E-state index in [1.807, 2.05) is 13.0 Å². The molecular weight excluding hydrogens is 318 g/mol. The first-order chi connectivity index (χ1) is 8.27. The fourth-order valence-electron chi connectivity index (χ4n) is 1.50. The minimum Gasteiger partial charge on any atom is -0.493 e. The zero-order valence-electron chi connectivity index (χ0n) is 10.9. The molecular formula is C13H21BrClNO2. The van der Waals surface area contributed by atoms with Crippen LogP contribution < -0.4 is 10.1 Å². The molecule has 0 radical (unpaired) electrons. The van der Waals surface area contributed by atoms with Gasteiger partial charge in [0.1, 0.15) is 5.75 Å². The summed E-state index contributed by atoms with van der Waals surface area (Å²) >= 11 is 3.51. The van der Waals surface area contributed by atoms with Crippen LogP contribution in [0.2, 0.25) is 0 Å². The first-order valence-corrected chi connectivity index (χ1v) is 6.68. The highest BCUT2D eigenvalue weighted by Crippen LogP contribution is 2.25. The third-order valence-electron chi connectivity index (χ3n) is 2.33. The largest absolute Gasteiger partial charge is 0.493 e. The Bertz CT molecular complexity index is 337. The lowest BCUT2D eigenvalue weighted by atomic mass is 10.2. The molecule has 0 aliphatic rings. The Kier molecular flexibility index (Phi) is 10.4. The Labute approximate surface area is 124 Å². The molecule has 1 aromatic carbocycles. The molecule has 0 unspecified atom stereocenters. The van der Waals surface area contributed by atoms with Gasteiger partial charge in [-0.3, -0.25) is 0 Å². The normalized spacial score (nSPS) is 9.94. The maximum atomic E-state index is 5.47. The van der Waals surface area contributed by atoms with E-state index < -0.39 is 0 Å². The lowest BCUT2D eigenvalue weighted by Gasteiger charge is -2.09. The Morgan fingerprint density at radius 1 is 1.33 bits per heavy atom. The van der Waals surface area contributed by atoms with E-state index in [-0.39, 0.29) is 12.4 Å². The summed E-state index contributed by atoms with van der Waals surface area (Å²) in [5, 5.41) is 3.37. The first kappa shape index (κ1) is 17.7. The van der Waals surface area contributed by atoms with Gasteiger partial charge in [0.25, 0.3) is 0 Å². The van der Waals surface area contributed by atoms with Gasteiger partial charge >= 0.3 is 0 Å². The molecule has 104 valence electrons. The van der Waals surface area contributed by atoms with E-state index in [1.54, 1.807) is 7.11 Å². The van der Waals surface area contributed by atoms with Crippen molar-refractivity contribution in [2.75, 3.05) is 26.9 Å². The summed E-state index contributed by atoms with van der Waals surface area (Å²) in [6, 6.07) is 6.17. The SMILES string of the molecule is CCOc1ccc(CNCCCOC)cc1Br.Cl. The third-order valence-corrected chi connectivity index (χ3v) is 2.95. The molecule has 0 saturated carbocycles. The van der Waals surface area contributed by atoms with Crippen LogP contribution in [0, 0.1) is 0 Å². The van der Waals surface area contributed by atoms with Crippen LogP contribution in [0.4, 0.5) is 0 Å². The molecule has 0 spiro atoms. The molecule has 1 N–H and O–H groups in total. The number of ether oxygens (including phenoxy) is 2. The van der Waals surface area contributed by atoms with Gasteiger partial charge in [-0.15, -0.1) is 12.4 Å². The van der Waals surface area contributed by atoms with Crippen LogP contribution in [0.3, 0.4) is 0 Å². The summed E-state index contributed by atoms with van der Waals surface area (Å²) in [5.41, 5.74) is 1.25. The van der Waals surface area contributed by atoms with E-state index in [2.05, 4.69) is 33.4 Å². The molecule has 3 nitrogen and oxygen atoms in total. The molecule has 0 fully saturated rings. The molecule has 0 amide bonds. The minimum atomic E-state index is 0. The molecule has 0 aliphatic carbocycles. The van der Waals surface area contributed by atoms with Gasteiger partial charge in [-0.1, -0.05) is 6.07 Å². The number of benzene rings is 1. The van der Waals surface area contributed by atoms with Gasteiger partial charge in [-0.2, -0.15) is 0 Å². The van der Waals surface area contributed by atoms with E-state index in [9.17, 15) is 0 Å². The molecule has 0 aromatic heterocycles. The van der Waals surface area contributed by atoms with Gasteiger partial charge in [0, 0.05) is 20.3 Å². The van der Waals surface area contributed by atoms with E-state index in [0.717, 1.165) is 36.3 Å². The van der Waals surface area contributed by atoms with Crippen molar-refractivity contribution >= 4 is 28.3 Å². The average molecular weight is 339 g/mol. The van der Waals surface area contributed by atoms with E-state index in [1.165, 1.54) is 5.56 Å². The second kappa shape index (κ2) is 10.6. The van der Waals surface area contributed by atoms with Crippen LogP contribution in [0.5, 0.6) is 5.75 Å². The number of hydrogen-bond acceptors (Lipinski definition) is 3. The first-order valence-electron chi connectivity index (χ1n) is 5.88. The maximum absolute atomic E-state index is 5.47. The van der Waals surface area contributed by atoms with Gasteiger partial charge in [0.2, 0.25) is 0 Å². The van der Waals surface area contributed by atoms with Gasteiger partial charge < -0.3 is 14.8 Å². The van der Waals surface area contributed by atoms with Crippen molar-refractivity contribution in [3.05, 3.63) is 28.2 Å². The molecule has 5 heteroatoms. The van der Waals surface area contributed by atoms with Crippen molar-refractivity contribution in [1.29, 1.82) is 0 Å². The van der Waals surface area contributed by atoms with Gasteiger partial charge in [0.15, 0.2) is 0 Å². The van der Waals surface area contributed by atoms with Gasteiger partial charge in [-0.25, -0.2) is 0 Å². The molecule has 18 heavy (non-hydrogen) atoms. The van der Waals surface area contributed by atoms with Crippen LogP contribution in [0.25, 0.3) is 0 Å². The van der Waals surface area contributed by atoms with Crippen molar-refractivity contribution in [2.45, 2.75) is 19.9 Å². The lowest BCUT2D eigenvalue weighted by Crippen LogP contribution is -2.16. The van der Waals surface area contributed by atoms with Crippen molar-refractivity contribution in [2.24, 2.45) is 0 Å². The van der Waals surface area contributed by atoms with E-state index in [0.29, 0.717) is 6.61 Å². The summed E-state index contributed by atoms with van der Waals surface area (Å²) in [7, 11) is 1.73. The smallest absolute Gasteiger partial charge is 0.133 e. The predicted octanol–water partition coefficient (Wildman–Crippen LogP) is 3.40. The number of methoxy groups -OCH3 is 1. The highest BCUT2D eigenvalue weighted by Gasteiger charge is 2.01. The molecule has 0 bridgehead atoms. The topological polar surface area (TPSA) is 30.5 Å². The predicted molar refractivity (Wildman–Crippen MR) is 80.8 cm³/mol. The maximum Gasteiger partial charge on any atom is 0.133 e. The standard InChI is InChI=1S/C13H20BrNO2.ClH/c1-3-17-13-6-5-11(9-12(13)14)10-15-7-4-8-16-2;/h5-6,9,15H,3-4,7-8,10H2,1-2H3;1H. The molecule has 0 heterocycles. The molecule has 0 atom stereocenters. The number of halogens is 2. The van der Waals surface area contributed by atoms with Crippen LogP contribution in [0.15, 0.2) is 22.7 Å². The van der Waals surface area contributed by atoms with Crippen LogP contribution in [0.1, 0.15) is 18.9 Å². The van der Waals surface area contributed by atoms with Crippen molar-refractivity contribution in [3.63, 3.8) is 0 Å². The van der Waals surface area contributed by atoms with Crippen LogP contribution in [-0.2, 0) is 11.3 Å². The van der Waals surface area contributed by atoms with E-state index in [4.69, 9.17) is 9.47 Å². The number of rotatable bonds is 8. The second-order valence-corrected chi connectivity index (χ2v) is 4.58. The highest BCUT2D eigenvalue weighted by molar-refractivity contribution is 9.10.